The van der Waals surface area contributed by atoms with Crippen LogP contribution in [0.5, 0.6) is 0 Å². The number of rotatable bonds is 2. The average Bonchev–Trinajstić information content (AvgIpc) is 2.30. The third kappa shape index (κ3) is 2.84. The molecule has 0 amide bonds. The van der Waals surface area contributed by atoms with Crippen molar-refractivity contribution in [3.63, 3.8) is 0 Å². The Kier molecular flexibility index (Phi) is 4.39. The van der Waals surface area contributed by atoms with Crippen molar-refractivity contribution in [1.29, 1.82) is 0 Å². The molecule has 2 rings (SSSR count). The van der Waals surface area contributed by atoms with E-state index < -0.39 is 0 Å². The minimum Gasteiger partial charge on any atom is -0.346 e. The van der Waals surface area contributed by atoms with E-state index in [2.05, 4.69) is 6.07 Å². The van der Waals surface area contributed by atoms with Gasteiger partial charge in [0.2, 0.25) is 0 Å². The van der Waals surface area contributed by atoms with Crippen LogP contribution in [-0.2, 0) is 19.5 Å². The number of ketones is 1. The van der Waals surface area contributed by atoms with Gasteiger partial charge in [-0.05, 0) is 5.56 Å². The SMILES string of the molecule is O=C(c1[c-]cccc1)c1ccccc1.[Rh]. The summed E-state index contributed by atoms with van der Waals surface area (Å²) in [5.74, 6) is 0.0196. The Balaban J connectivity index is 0.00000112. The zero-order valence-corrected chi connectivity index (χ0v) is 9.58. The molecule has 0 spiro atoms. The van der Waals surface area contributed by atoms with Gasteiger partial charge in [0.25, 0.3) is 0 Å². The van der Waals surface area contributed by atoms with Gasteiger partial charge >= 0.3 is 0 Å². The molecule has 2 heteroatoms. The predicted molar refractivity (Wildman–Crippen MR) is 55.2 cm³/mol. The standard InChI is InChI=1S/C13H9O.Rh/c14-13(11-7-3-1-4-8-11)12-9-5-2-6-10-12;/h1-9H;/q-1;. The Labute approximate surface area is 102 Å². The summed E-state index contributed by atoms with van der Waals surface area (Å²) in [4.78, 5) is 11.8. The van der Waals surface area contributed by atoms with Crippen LogP contribution >= 0.6 is 0 Å². The molecule has 77 valence electrons. The fraction of sp³-hybridized carbons (Fsp3) is 0. The number of hydrogen-bond acceptors (Lipinski definition) is 1. The molecule has 0 aliphatic carbocycles. The third-order valence-electron chi connectivity index (χ3n) is 1.99. The molecule has 0 fully saturated rings. The van der Waals surface area contributed by atoms with Crippen molar-refractivity contribution < 1.29 is 24.3 Å². The van der Waals surface area contributed by atoms with Crippen LogP contribution in [0.1, 0.15) is 15.9 Å². The molecule has 0 N–H and O–H groups in total. The van der Waals surface area contributed by atoms with Crippen molar-refractivity contribution in [3.05, 3.63) is 71.8 Å². The van der Waals surface area contributed by atoms with Crippen LogP contribution in [0.3, 0.4) is 0 Å². The zero-order valence-electron chi connectivity index (χ0n) is 7.94. The van der Waals surface area contributed by atoms with Crippen LogP contribution in [0, 0.1) is 6.07 Å². The van der Waals surface area contributed by atoms with E-state index in [4.69, 9.17) is 0 Å². The van der Waals surface area contributed by atoms with Crippen LogP contribution in [-0.4, -0.2) is 5.78 Å². The number of carbonyl (C=O) groups excluding carboxylic acids is 1. The molecule has 1 nitrogen and oxygen atoms in total. The van der Waals surface area contributed by atoms with Crippen LogP contribution in [0.2, 0.25) is 0 Å². The summed E-state index contributed by atoms with van der Waals surface area (Å²) in [6, 6.07) is 19.4. The first-order valence-electron chi connectivity index (χ1n) is 4.44. The Morgan fingerprint density at radius 2 is 1.60 bits per heavy atom. The molecule has 2 aromatic rings. The minimum absolute atomic E-state index is 0. The maximum absolute atomic E-state index is 11.8. The topological polar surface area (TPSA) is 17.1 Å². The molecular formula is C13H9ORh-. The summed E-state index contributed by atoms with van der Waals surface area (Å²) >= 11 is 0. The first-order chi connectivity index (χ1) is 6.88. The van der Waals surface area contributed by atoms with E-state index in [1.54, 1.807) is 12.1 Å². The van der Waals surface area contributed by atoms with Crippen molar-refractivity contribution >= 4 is 5.78 Å². The van der Waals surface area contributed by atoms with Gasteiger partial charge in [-0.15, -0.1) is 35.9 Å². The maximum Gasteiger partial charge on any atom is 0.108 e. The van der Waals surface area contributed by atoms with Crippen molar-refractivity contribution in [2.24, 2.45) is 0 Å². The van der Waals surface area contributed by atoms with Crippen molar-refractivity contribution in [3.8, 4) is 0 Å². The van der Waals surface area contributed by atoms with Gasteiger partial charge in [-0.3, -0.25) is 0 Å². The Bertz CT molecular complexity index is 381. The summed E-state index contributed by atoms with van der Waals surface area (Å²) in [6.45, 7) is 0. The van der Waals surface area contributed by atoms with Crippen molar-refractivity contribution in [2.75, 3.05) is 0 Å². The van der Waals surface area contributed by atoms with Crippen molar-refractivity contribution in [1.82, 2.24) is 0 Å². The second-order valence-electron chi connectivity index (χ2n) is 2.97. The molecule has 0 unspecified atom stereocenters. The fourth-order valence-corrected chi connectivity index (χ4v) is 1.28. The smallest absolute Gasteiger partial charge is 0.108 e. The minimum atomic E-state index is 0. The van der Waals surface area contributed by atoms with Crippen LogP contribution in [0.4, 0.5) is 0 Å². The fourth-order valence-electron chi connectivity index (χ4n) is 1.28. The molecule has 0 aromatic heterocycles. The second-order valence-corrected chi connectivity index (χ2v) is 2.97. The first kappa shape index (κ1) is 11.8. The summed E-state index contributed by atoms with van der Waals surface area (Å²) in [5, 5.41) is 0. The zero-order chi connectivity index (χ0) is 9.80. The molecule has 1 radical (unpaired) electrons. The Morgan fingerprint density at radius 3 is 2.20 bits per heavy atom. The summed E-state index contributed by atoms with van der Waals surface area (Å²) in [6.07, 6.45) is 0. The molecular weight excluding hydrogens is 275 g/mol. The molecule has 0 saturated heterocycles. The largest absolute Gasteiger partial charge is 0.346 e. The van der Waals surface area contributed by atoms with Crippen LogP contribution in [0.25, 0.3) is 0 Å². The van der Waals surface area contributed by atoms with Gasteiger partial charge in [0, 0.05) is 19.5 Å². The predicted octanol–water partition coefficient (Wildman–Crippen LogP) is 2.72. The first-order valence-corrected chi connectivity index (χ1v) is 4.44. The van der Waals surface area contributed by atoms with E-state index in [9.17, 15) is 4.79 Å². The Hall–Kier alpha value is -1.27. The quantitative estimate of drug-likeness (QED) is 0.471. The van der Waals surface area contributed by atoms with Crippen molar-refractivity contribution in [2.45, 2.75) is 0 Å². The van der Waals surface area contributed by atoms with E-state index in [1.807, 2.05) is 42.5 Å². The van der Waals surface area contributed by atoms with E-state index >= 15 is 0 Å². The number of hydrogen-bond donors (Lipinski definition) is 0. The second kappa shape index (κ2) is 5.57. The average molecular weight is 284 g/mol. The molecule has 0 aliphatic rings. The van der Waals surface area contributed by atoms with Gasteiger partial charge < -0.3 is 4.79 Å². The molecule has 0 saturated carbocycles. The molecule has 0 heterocycles. The van der Waals surface area contributed by atoms with Gasteiger partial charge in [-0.25, -0.2) is 0 Å². The maximum atomic E-state index is 11.8. The van der Waals surface area contributed by atoms with Gasteiger partial charge in [0.1, 0.15) is 5.78 Å². The third-order valence-corrected chi connectivity index (χ3v) is 1.99. The van der Waals surface area contributed by atoms with E-state index in [0.29, 0.717) is 11.1 Å². The normalized spacial score (nSPS) is 9.07. The van der Waals surface area contributed by atoms with E-state index in [-0.39, 0.29) is 25.3 Å². The van der Waals surface area contributed by atoms with Gasteiger partial charge in [-0.2, -0.15) is 0 Å². The molecule has 2 aromatic carbocycles. The van der Waals surface area contributed by atoms with E-state index in [0.717, 1.165) is 0 Å². The summed E-state index contributed by atoms with van der Waals surface area (Å²) < 4.78 is 0. The van der Waals surface area contributed by atoms with Crippen LogP contribution < -0.4 is 0 Å². The van der Waals surface area contributed by atoms with E-state index in [1.165, 1.54) is 0 Å². The number of benzene rings is 2. The molecule has 0 bridgehead atoms. The number of carbonyl (C=O) groups is 1. The van der Waals surface area contributed by atoms with Gasteiger partial charge in [-0.1, -0.05) is 30.3 Å². The summed E-state index contributed by atoms with van der Waals surface area (Å²) in [5.41, 5.74) is 1.31. The van der Waals surface area contributed by atoms with Gasteiger partial charge in [0.15, 0.2) is 0 Å². The molecule has 15 heavy (non-hydrogen) atoms. The summed E-state index contributed by atoms with van der Waals surface area (Å²) in [7, 11) is 0. The van der Waals surface area contributed by atoms with Crippen LogP contribution in [0.15, 0.2) is 54.6 Å². The molecule has 0 aliphatic heterocycles. The van der Waals surface area contributed by atoms with Gasteiger partial charge in [0.05, 0.1) is 0 Å². The monoisotopic (exact) mass is 284 g/mol. The Morgan fingerprint density at radius 1 is 0.933 bits per heavy atom. The molecule has 0 atom stereocenters.